The Bertz CT molecular complexity index is 672. The summed E-state index contributed by atoms with van der Waals surface area (Å²) in [4.78, 5) is 2.07. The number of hydrogen-bond acceptors (Lipinski definition) is 2. The molecule has 3 nitrogen and oxygen atoms in total. The van der Waals surface area contributed by atoms with Crippen molar-refractivity contribution < 1.29 is 0 Å². The molecule has 0 aliphatic rings. The maximum Gasteiger partial charge on any atom is 0.166 e. The standard InChI is InChI=1S/C17H19Cl2N3S/c1-22(2)14-6-3-12(4-7-14)10-20-17(23)21-11-13-5-8-15(18)16(19)9-13/h3-9H,10-11H2,1-2H3,(H2,20,21,23). The van der Waals surface area contributed by atoms with Gasteiger partial charge in [0.05, 0.1) is 10.0 Å². The van der Waals surface area contributed by atoms with E-state index in [1.807, 2.05) is 26.2 Å². The van der Waals surface area contributed by atoms with Crippen molar-refractivity contribution in [1.82, 2.24) is 10.6 Å². The third-order valence-corrected chi connectivity index (χ3v) is 4.37. The number of thiocarbonyl (C=S) groups is 1. The SMILES string of the molecule is CN(C)c1ccc(CNC(=S)NCc2ccc(Cl)c(Cl)c2)cc1. The fourth-order valence-corrected chi connectivity index (χ4v) is 2.45. The quantitative estimate of drug-likeness (QED) is 0.773. The minimum Gasteiger partial charge on any atom is -0.378 e. The van der Waals surface area contributed by atoms with E-state index in [4.69, 9.17) is 35.4 Å². The van der Waals surface area contributed by atoms with Gasteiger partial charge in [-0.1, -0.05) is 41.4 Å². The van der Waals surface area contributed by atoms with Crippen molar-refractivity contribution in [1.29, 1.82) is 0 Å². The zero-order valence-electron chi connectivity index (χ0n) is 13.1. The summed E-state index contributed by atoms with van der Waals surface area (Å²) in [5.74, 6) is 0. The maximum atomic E-state index is 5.99. The highest BCUT2D eigenvalue weighted by Gasteiger charge is 2.02. The minimum atomic E-state index is 0.547. The molecule has 0 fully saturated rings. The van der Waals surface area contributed by atoms with Crippen molar-refractivity contribution >= 4 is 46.2 Å². The van der Waals surface area contributed by atoms with E-state index in [-0.39, 0.29) is 0 Å². The van der Waals surface area contributed by atoms with E-state index in [9.17, 15) is 0 Å². The molecule has 0 spiro atoms. The Morgan fingerprint density at radius 2 is 1.48 bits per heavy atom. The molecule has 0 atom stereocenters. The molecule has 0 aliphatic heterocycles. The molecule has 0 saturated heterocycles. The highest BCUT2D eigenvalue weighted by atomic mass is 35.5. The lowest BCUT2D eigenvalue weighted by Crippen LogP contribution is -2.34. The summed E-state index contributed by atoms with van der Waals surface area (Å²) in [6.45, 7) is 1.28. The van der Waals surface area contributed by atoms with Gasteiger partial charge < -0.3 is 15.5 Å². The van der Waals surface area contributed by atoms with Crippen molar-refractivity contribution in [3.63, 3.8) is 0 Å². The first kappa shape index (κ1) is 17.9. The molecule has 0 aliphatic carbocycles. The number of nitrogens with one attached hydrogen (secondary N) is 2. The molecular formula is C17H19Cl2N3S. The average Bonchev–Trinajstić information content (AvgIpc) is 2.54. The minimum absolute atomic E-state index is 0.547. The highest BCUT2D eigenvalue weighted by Crippen LogP contribution is 2.22. The topological polar surface area (TPSA) is 27.3 Å². The van der Waals surface area contributed by atoms with Gasteiger partial charge in [0.25, 0.3) is 0 Å². The van der Waals surface area contributed by atoms with Crippen molar-refractivity contribution in [2.24, 2.45) is 0 Å². The van der Waals surface area contributed by atoms with Crippen LogP contribution in [0.2, 0.25) is 10.0 Å². The van der Waals surface area contributed by atoms with E-state index in [1.54, 1.807) is 6.07 Å². The van der Waals surface area contributed by atoms with Crippen LogP contribution in [0.25, 0.3) is 0 Å². The zero-order valence-corrected chi connectivity index (χ0v) is 15.4. The first-order chi connectivity index (χ1) is 11.0. The first-order valence-electron chi connectivity index (χ1n) is 7.17. The van der Waals surface area contributed by atoms with E-state index < -0.39 is 0 Å². The molecule has 2 aromatic carbocycles. The van der Waals surface area contributed by atoms with Crippen LogP contribution in [-0.4, -0.2) is 19.2 Å². The van der Waals surface area contributed by atoms with E-state index in [0.717, 1.165) is 5.56 Å². The van der Waals surface area contributed by atoms with Gasteiger partial charge in [-0.3, -0.25) is 0 Å². The molecule has 0 unspecified atom stereocenters. The number of hydrogen-bond donors (Lipinski definition) is 2. The van der Waals surface area contributed by atoms with Crippen LogP contribution >= 0.6 is 35.4 Å². The Balaban J connectivity index is 1.79. The van der Waals surface area contributed by atoms with Crippen LogP contribution in [-0.2, 0) is 13.1 Å². The van der Waals surface area contributed by atoms with E-state index in [1.165, 1.54) is 11.3 Å². The van der Waals surface area contributed by atoms with Gasteiger partial charge in [-0.15, -0.1) is 0 Å². The second-order valence-electron chi connectivity index (χ2n) is 5.35. The number of nitrogens with zero attached hydrogens (tertiary/aromatic N) is 1. The Morgan fingerprint density at radius 1 is 0.913 bits per heavy atom. The number of halogens is 2. The van der Waals surface area contributed by atoms with Gasteiger partial charge in [0, 0.05) is 32.9 Å². The molecule has 122 valence electrons. The van der Waals surface area contributed by atoms with Gasteiger partial charge in [0.2, 0.25) is 0 Å². The Kier molecular flexibility index (Phi) is 6.51. The molecule has 2 N–H and O–H groups in total. The summed E-state index contributed by atoms with van der Waals surface area (Å²) >= 11 is 17.2. The molecule has 0 saturated carbocycles. The zero-order chi connectivity index (χ0) is 16.8. The predicted molar refractivity (Wildman–Crippen MR) is 104 cm³/mol. The van der Waals surface area contributed by atoms with E-state index in [0.29, 0.717) is 28.2 Å². The van der Waals surface area contributed by atoms with Crippen molar-refractivity contribution in [3.05, 3.63) is 63.6 Å². The van der Waals surface area contributed by atoms with Crippen LogP contribution < -0.4 is 15.5 Å². The summed E-state index contributed by atoms with van der Waals surface area (Å²) in [6, 6.07) is 13.9. The van der Waals surface area contributed by atoms with Gasteiger partial charge in [-0.25, -0.2) is 0 Å². The first-order valence-corrected chi connectivity index (χ1v) is 8.34. The van der Waals surface area contributed by atoms with Crippen LogP contribution in [0.1, 0.15) is 11.1 Å². The van der Waals surface area contributed by atoms with Crippen LogP contribution in [0.4, 0.5) is 5.69 Å². The summed E-state index contributed by atoms with van der Waals surface area (Å²) in [5.41, 5.74) is 3.38. The summed E-state index contributed by atoms with van der Waals surface area (Å²) in [6.07, 6.45) is 0. The fraction of sp³-hybridized carbons (Fsp3) is 0.235. The lowest BCUT2D eigenvalue weighted by Gasteiger charge is -2.14. The third kappa shape index (κ3) is 5.57. The van der Waals surface area contributed by atoms with Gasteiger partial charge in [-0.05, 0) is 47.6 Å². The lowest BCUT2D eigenvalue weighted by molar-refractivity contribution is 0.833. The smallest absolute Gasteiger partial charge is 0.166 e. The van der Waals surface area contributed by atoms with Gasteiger partial charge in [0.1, 0.15) is 0 Å². The molecule has 0 amide bonds. The Labute approximate surface area is 152 Å². The number of anilines is 1. The maximum absolute atomic E-state index is 5.99. The monoisotopic (exact) mass is 367 g/mol. The molecular weight excluding hydrogens is 349 g/mol. The third-order valence-electron chi connectivity index (χ3n) is 3.34. The second-order valence-corrected chi connectivity index (χ2v) is 6.57. The summed E-state index contributed by atoms with van der Waals surface area (Å²) in [5, 5.41) is 8.05. The van der Waals surface area contributed by atoms with Crippen LogP contribution in [0.5, 0.6) is 0 Å². The molecule has 23 heavy (non-hydrogen) atoms. The average molecular weight is 368 g/mol. The molecule has 2 aromatic rings. The van der Waals surface area contributed by atoms with Gasteiger partial charge in [-0.2, -0.15) is 0 Å². The molecule has 2 rings (SSSR count). The normalized spacial score (nSPS) is 10.3. The molecule has 0 heterocycles. The Morgan fingerprint density at radius 3 is 2.04 bits per heavy atom. The molecule has 0 aromatic heterocycles. The molecule has 6 heteroatoms. The van der Waals surface area contributed by atoms with Crippen LogP contribution in [0.3, 0.4) is 0 Å². The van der Waals surface area contributed by atoms with E-state index >= 15 is 0 Å². The fourth-order valence-electron chi connectivity index (χ4n) is 1.99. The summed E-state index contributed by atoms with van der Waals surface area (Å²) in [7, 11) is 4.05. The van der Waals surface area contributed by atoms with Gasteiger partial charge in [0.15, 0.2) is 5.11 Å². The molecule has 0 radical (unpaired) electrons. The van der Waals surface area contributed by atoms with Crippen LogP contribution in [0.15, 0.2) is 42.5 Å². The van der Waals surface area contributed by atoms with Gasteiger partial charge >= 0.3 is 0 Å². The second kappa shape index (κ2) is 8.39. The van der Waals surface area contributed by atoms with Crippen molar-refractivity contribution in [2.45, 2.75) is 13.1 Å². The highest BCUT2D eigenvalue weighted by molar-refractivity contribution is 7.80. The summed E-state index contributed by atoms with van der Waals surface area (Å²) < 4.78 is 0. The lowest BCUT2D eigenvalue weighted by atomic mass is 10.2. The Hall–Kier alpha value is -1.49. The molecule has 0 bridgehead atoms. The number of rotatable bonds is 5. The van der Waals surface area contributed by atoms with Crippen LogP contribution in [0, 0.1) is 0 Å². The van der Waals surface area contributed by atoms with Crippen molar-refractivity contribution in [2.75, 3.05) is 19.0 Å². The van der Waals surface area contributed by atoms with E-state index in [2.05, 4.69) is 39.8 Å². The predicted octanol–water partition coefficient (Wildman–Crippen LogP) is 4.22. The largest absolute Gasteiger partial charge is 0.378 e. The van der Waals surface area contributed by atoms with Crippen molar-refractivity contribution in [3.8, 4) is 0 Å². The number of benzene rings is 2.